The number of carbonyl (C=O) groups is 1. The fourth-order valence-corrected chi connectivity index (χ4v) is 2.04. The van der Waals surface area contributed by atoms with Crippen LogP contribution in [0.1, 0.15) is 29.2 Å². The number of alkyl halides is 6. The minimum atomic E-state index is -4.82. The fourth-order valence-electron chi connectivity index (χ4n) is 2.04. The predicted octanol–water partition coefficient (Wildman–Crippen LogP) is 4.32. The van der Waals surface area contributed by atoms with Gasteiger partial charge >= 0.3 is 18.4 Å². The Hall–Kier alpha value is -1.64. The van der Waals surface area contributed by atoms with E-state index < -0.39 is 41.2 Å². The molecular formula is C12H10ClF6NO2. The number of nitrogens with one attached hydrogen (secondary N) is 1. The molecule has 1 aliphatic rings. The molecule has 0 bridgehead atoms. The Morgan fingerprint density at radius 1 is 1.09 bits per heavy atom. The molecule has 0 radical (unpaired) electrons. The molecule has 1 heterocycles. The van der Waals surface area contributed by atoms with Gasteiger partial charge in [0.15, 0.2) is 0 Å². The van der Waals surface area contributed by atoms with Crippen LogP contribution in [0.25, 0.3) is 0 Å². The second-order valence-electron chi connectivity index (χ2n) is 4.42. The molecule has 124 valence electrons. The fraction of sp³-hybridized carbons (Fsp3) is 0.417. The van der Waals surface area contributed by atoms with E-state index >= 15 is 0 Å². The van der Waals surface area contributed by atoms with E-state index in [1.165, 1.54) is 0 Å². The van der Waals surface area contributed by atoms with Crippen LogP contribution in [0.4, 0.5) is 31.1 Å². The van der Waals surface area contributed by atoms with E-state index in [9.17, 15) is 31.1 Å². The second kappa shape index (κ2) is 6.23. The molecule has 1 aliphatic heterocycles. The highest BCUT2D eigenvalue weighted by molar-refractivity contribution is 5.85. The lowest BCUT2D eigenvalue weighted by molar-refractivity contribution is -0.142. The molecule has 3 nitrogen and oxygen atoms in total. The van der Waals surface area contributed by atoms with Crippen molar-refractivity contribution in [2.45, 2.75) is 24.8 Å². The number of benzene rings is 1. The van der Waals surface area contributed by atoms with Gasteiger partial charge < -0.3 is 10.1 Å². The second-order valence-corrected chi connectivity index (χ2v) is 4.42. The normalized spacial score (nSPS) is 19.0. The molecule has 1 aromatic carbocycles. The summed E-state index contributed by atoms with van der Waals surface area (Å²) in [5.41, 5.74) is -3.03. The zero-order valence-corrected chi connectivity index (χ0v) is 11.5. The first kappa shape index (κ1) is 18.4. The predicted molar refractivity (Wildman–Crippen MR) is 65.5 cm³/mol. The number of cyclic esters (lactones) is 1. The van der Waals surface area contributed by atoms with Crippen LogP contribution in [-0.2, 0) is 17.1 Å². The number of hydrogen-bond donors (Lipinski definition) is 1. The average Bonchev–Trinajstić information content (AvgIpc) is 2.36. The first-order valence-electron chi connectivity index (χ1n) is 5.80. The van der Waals surface area contributed by atoms with E-state index in [1.54, 1.807) is 0 Å². The van der Waals surface area contributed by atoms with Gasteiger partial charge in [0.1, 0.15) is 0 Å². The quantitative estimate of drug-likeness (QED) is 0.767. The van der Waals surface area contributed by atoms with Crippen molar-refractivity contribution in [3.8, 4) is 0 Å². The summed E-state index contributed by atoms with van der Waals surface area (Å²) in [6, 6.07) is -0.0167. The van der Waals surface area contributed by atoms with Crippen molar-refractivity contribution in [2.75, 3.05) is 6.61 Å². The molecule has 22 heavy (non-hydrogen) atoms. The van der Waals surface area contributed by atoms with Crippen LogP contribution in [0.3, 0.4) is 0 Å². The van der Waals surface area contributed by atoms with Crippen molar-refractivity contribution in [1.29, 1.82) is 0 Å². The summed E-state index contributed by atoms with van der Waals surface area (Å²) in [7, 11) is 0. The maximum absolute atomic E-state index is 12.9. The summed E-state index contributed by atoms with van der Waals surface area (Å²) in [6.07, 6.45) is -10.6. The summed E-state index contributed by atoms with van der Waals surface area (Å²) in [5, 5.41) is 2.10. The van der Waals surface area contributed by atoms with Gasteiger partial charge in [-0.2, -0.15) is 26.3 Å². The van der Waals surface area contributed by atoms with Crippen LogP contribution in [0, 0.1) is 0 Å². The summed E-state index contributed by atoms with van der Waals surface area (Å²) < 4.78 is 81.1. The largest absolute Gasteiger partial charge is 0.449 e. The molecule has 2 rings (SSSR count). The number of amides is 1. The van der Waals surface area contributed by atoms with Crippen molar-refractivity contribution in [2.24, 2.45) is 0 Å². The molecule has 0 saturated carbocycles. The van der Waals surface area contributed by atoms with Gasteiger partial charge in [-0.3, -0.25) is 0 Å². The zero-order valence-electron chi connectivity index (χ0n) is 10.7. The van der Waals surface area contributed by atoms with Crippen LogP contribution in [-0.4, -0.2) is 12.7 Å². The van der Waals surface area contributed by atoms with E-state index in [0.29, 0.717) is 18.2 Å². The van der Waals surface area contributed by atoms with Crippen molar-refractivity contribution in [3.05, 3.63) is 34.9 Å². The van der Waals surface area contributed by atoms with Gasteiger partial charge in [0.05, 0.1) is 23.8 Å². The first-order chi connectivity index (χ1) is 9.59. The van der Waals surface area contributed by atoms with E-state index in [1.807, 2.05) is 0 Å². The summed E-state index contributed by atoms with van der Waals surface area (Å²) >= 11 is 0. The van der Waals surface area contributed by atoms with E-state index in [4.69, 9.17) is 0 Å². The number of halogens is 7. The Bertz CT molecular complexity index is 558. The Kier molecular flexibility index (Phi) is 5.21. The van der Waals surface area contributed by atoms with Gasteiger partial charge in [-0.15, -0.1) is 12.4 Å². The van der Waals surface area contributed by atoms with Crippen molar-refractivity contribution >= 4 is 18.5 Å². The number of rotatable bonds is 1. The van der Waals surface area contributed by atoms with Crippen LogP contribution in [0.15, 0.2) is 18.2 Å². The molecular weight excluding hydrogens is 340 g/mol. The monoisotopic (exact) mass is 349 g/mol. The molecule has 1 aromatic rings. The number of alkyl carbamates (subject to hydrolysis) is 1. The lowest BCUT2D eigenvalue weighted by atomic mass is 9.95. The standard InChI is InChI=1S/C12H9F6NO2.ClH/c13-11(14,15)6-1-2-8(12(16,17)18)7(5-6)9-3-4-21-10(20)19-9;/h1-2,5,9H,3-4H2,(H,19,20);1H/t9-;/m1./s1. The van der Waals surface area contributed by atoms with Gasteiger partial charge in [0.25, 0.3) is 0 Å². The molecule has 1 N–H and O–H groups in total. The first-order valence-corrected chi connectivity index (χ1v) is 5.80. The molecule has 1 atom stereocenters. The van der Waals surface area contributed by atoms with Crippen molar-refractivity contribution in [3.63, 3.8) is 0 Å². The molecule has 1 fully saturated rings. The number of hydrogen-bond acceptors (Lipinski definition) is 2. The molecule has 10 heteroatoms. The highest BCUT2D eigenvalue weighted by Crippen LogP contribution is 2.39. The molecule has 1 saturated heterocycles. The van der Waals surface area contributed by atoms with E-state index in [2.05, 4.69) is 10.1 Å². The molecule has 1 amide bonds. The lowest BCUT2D eigenvalue weighted by Crippen LogP contribution is -2.36. The summed E-state index contributed by atoms with van der Waals surface area (Å²) in [4.78, 5) is 11.1. The molecule has 0 aromatic heterocycles. The maximum Gasteiger partial charge on any atom is 0.416 e. The van der Waals surface area contributed by atoms with Gasteiger partial charge in [-0.1, -0.05) is 0 Å². The third kappa shape index (κ3) is 3.96. The van der Waals surface area contributed by atoms with Crippen LogP contribution in [0.5, 0.6) is 0 Å². The van der Waals surface area contributed by atoms with Gasteiger partial charge in [0.2, 0.25) is 0 Å². The Balaban J connectivity index is 0.00000242. The topological polar surface area (TPSA) is 38.3 Å². The minimum absolute atomic E-state index is 0. The van der Waals surface area contributed by atoms with E-state index in [-0.39, 0.29) is 25.4 Å². The SMILES string of the molecule is Cl.O=C1N[C@@H](c2cc(C(F)(F)F)ccc2C(F)(F)F)CCO1. The molecule has 0 aliphatic carbocycles. The van der Waals surface area contributed by atoms with Gasteiger partial charge in [0, 0.05) is 6.42 Å². The Morgan fingerprint density at radius 3 is 2.23 bits per heavy atom. The van der Waals surface area contributed by atoms with Gasteiger partial charge in [-0.25, -0.2) is 4.79 Å². The third-order valence-corrected chi connectivity index (χ3v) is 2.99. The van der Waals surface area contributed by atoms with E-state index in [0.717, 1.165) is 0 Å². The van der Waals surface area contributed by atoms with Gasteiger partial charge in [-0.05, 0) is 23.8 Å². The number of carbonyl (C=O) groups excluding carboxylic acids is 1. The highest BCUT2D eigenvalue weighted by Gasteiger charge is 2.39. The summed E-state index contributed by atoms with van der Waals surface area (Å²) in [5.74, 6) is 0. The van der Waals surface area contributed by atoms with Crippen LogP contribution < -0.4 is 5.32 Å². The Morgan fingerprint density at radius 2 is 1.73 bits per heavy atom. The van der Waals surface area contributed by atoms with Crippen molar-refractivity contribution in [1.82, 2.24) is 5.32 Å². The van der Waals surface area contributed by atoms with Crippen LogP contribution in [0.2, 0.25) is 0 Å². The third-order valence-electron chi connectivity index (χ3n) is 2.99. The smallest absolute Gasteiger partial charge is 0.416 e. The van der Waals surface area contributed by atoms with Crippen LogP contribution >= 0.6 is 12.4 Å². The molecule has 0 unspecified atom stereocenters. The maximum atomic E-state index is 12.9. The molecule has 0 spiro atoms. The lowest BCUT2D eigenvalue weighted by Gasteiger charge is -2.27. The zero-order chi connectivity index (χ0) is 15.8. The minimum Gasteiger partial charge on any atom is -0.449 e. The Labute approximate surface area is 127 Å². The van der Waals surface area contributed by atoms with Crippen molar-refractivity contribution < 1.29 is 35.9 Å². The average molecular weight is 350 g/mol. The number of ether oxygens (including phenoxy) is 1. The highest BCUT2D eigenvalue weighted by atomic mass is 35.5. The summed E-state index contributed by atoms with van der Waals surface area (Å²) in [6.45, 7) is -0.163.